The molecule has 1 aliphatic heterocycles. The van der Waals surface area contributed by atoms with Gasteiger partial charge in [-0.25, -0.2) is 4.68 Å². The first kappa shape index (κ1) is 11.3. The number of nitrogens with one attached hydrogen (secondary N) is 1. The molecule has 1 aliphatic rings. The molecule has 0 fully saturated rings. The summed E-state index contributed by atoms with van der Waals surface area (Å²) in [6.07, 6.45) is 2.38. The molecule has 0 amide bonds. The van der Waals surface area contributed by atoms with Crippen LogP contribution in [0.2, 0.25) is 0 Å². The number of nitrogens with zero attached hydrogens (tertiary/aromatic N) is 2. The highest BCUT2D eigenvalue weighted by Crippen LogP contribution is 2.30. The Morgan fingerprint density at radius 1 is 1.22 bits per heavy atom. The minimum absolute atomic E-state index is 1.06. The average molecular weight is 241 g/mol. The van der Waals surface area contributed by atoms with Crippen molar-refractivity contribution in [2.24, 2.45) is 0 Å². The topological polar surface area (TPSA) is 29.9 Å². The monoisotopic (exact) mass is 241 g/mol. The van der Waals surface area contributed by atoms with Crippen LogP contribution >= 0.6 is 0 Å². The van der Waals surface area contributed by atoms with Crippen LogP contribution in [-0.4, -0.2) is 16.3 Å². The Balaban J connectivity index is 2.20. The summed E-state index contributed by atoms with van der Waals surface area (Å²) >= 11 is 0. The summed E-state index contributed by atoms with van der Waals surface area (Å²) < 4.78 is 2.07. The predicted octanol–water partition coefficient (Wildman–Crippen LogP) is 3.16. The SMILES string of the molecule is Cc1nn(-c2cccc3c2NCCC3)c(C)c1C. The maximum atomic E-state index is 4.66. The van der Waals surface area contributed by atoms with E-state index in [1.165, 1.54) is 34.6 Å². The third-order valence-electron chi connectivity index (χ3n) is 3.93. The van der Waals surface area contributed by atoms with E-state index in [9.17, 15) is 0 Å². The van der Waals surface area contributed by atoms with Crippen LogP contribution in [0.5, 0.6) is 0 Å². The van der Waals surface area contributed by atoms with Crippen molar-refractivity contribution in [3.05, 3.63) is 40.7 Å². The minimum Gasteiger partial charge on any atom is -0.383 e. The van der Waals surface area contributed by atoms with Gasteiger partial charge < -0.3 is 5.32 Å². The first-order chi connectivity index (χ1) is 8.68. The Hall–Kier alpha value is -1.77. The highest BCUT2D eigenvalue weighted by Gasteiger charge is 2.16. The first-order valence-corrected chi connectivity index (χ1v) is 6.57. The van der Waals surface area contributed by atoms with Crippen molar-refractivity contribution in [1.29, 1.82) is 0 Å². The van der Waals surface area contributed by atoms with Gasteiger partial charge in [0.25, 0.3) is 0 Å². The molecule has 0 aliphatic carbocycles. The van der Waals surface area contributed by atoms with Gasteiger partial charge in [-0.15, -0.1) is 0 Å². The zero-order valence-corrected chi connectivity index (χ0v) is 11.2. The second-order valence-corrected chi connectivity index (χ2v) is 5.05. The van der Waals surface area contributed by atoms with Gasteiger partial charge >= 0.3 is 0 Å². The maximum absolute atomic E-state index is 4.66. The Kier molecular flexibility index (Phi) is 2.62. The van der Waals surface area contributed by atoms with Gasteiger partial charge in [0.1, 0.15) is 0 Å². The molecule has 2 heterocycles. The van der Waals surface area contributed by atoms with Crippen molar-refractivity contribution in [2.45, 2.75) is 33.6 Å². The maximum Gasteiger partial charge on any atom is 0.0883 e. The van der Waals surface area contributed by atoms with Crippen LogP contribution in [-0.2, 0) is 6.42 Å². The van der Waals surface area contributed by atoms with Crippen LogP contribution in [0.3, 0.4) is 0 Å². The third-order valence-corrected chi connectivity index (χ3v) is 3.93. The van der Waals surface area contributed by atoms with Gasteiger partial charge in [0.2, 0.25) is 0 Å². The number of hydrogen-bond acceptors (Lipinski definition) is 2. The molecule has 1 aromatic carbocycles. The molecule has 18 heavy (non-hydrogen) atoms. The molecule has 0 saturated carbocycles. The van der Waals surface area contributed by atoms with Crippen molar-refractivity contribution in [3.63, 3.8) is 0 Å². The molecular formula is C15H19N3. The quantitative estimate of drug-likeness (QED) is 0.831. The van der Waals surface area contributed by atoms with Gasteiger partial charge in [-0.1, -0.05) is 12.1 Å². The Bertz CT molecular complexity index is 596. The van der Waals surface area contributed by atoms with Crippen LogP contribution in [0, 0.1) is 20.8 Å². The van der Waals surface area contributed by atoms with Crippen molar-refractivity contribution in [3.8, 4) is 5.69 Å². The summed E-state index contributed by atoms with van der Waals surface area (Å²) in [5, 5.41) is 8.19. The number of benzene rings is 1. The summed E-state index contributed by atoms with van der Waals surface area (Å²) in [6.45, 7) is 7.40. The summed E-state index contributed by atoms with van der Waals surface area (Å²) in [7, 11) is 0. The number of aryl methyl sites for hydroxylation is 2. The number of hydrogen-bond donors (Lipinski definition) is 1. The largest absolute Gasteiger partial charge is 0.383 e. The number of anilines is 1. The summed E-state index contributed by atoms with van der Waals surface area (Å²) in [4.78, 5) is 0. The van der Waals surface area contributed by atoms with Gasteiger partial charge in [0.15, 0.2) is 0 Å². The molecule has 94 valence electrons. The van der Waals surface area contributed by atoms with Crippen LogP contribution in [0.15, 0.2) is 18.2 Å². The summed E-state index contributed by atoms with van der Waals surface area (Å²) in [5.41, 5.74) is 7.47. The molecule has 1 aromatic heterocycles. The van der Waals surface area contributed by atoms with Crippen molar-refractivity contribution in [1.82, 2.24) is 9.78 Å². The Labute approximate surface area is 108 Å². The smallest absolute Gasteiger partial charge is 0.0883 e. The second kappa shape index (κ2) is 4.16. The van der Waals surface area contributed by atoms with Crippen LogP contribution < -0.4 is 5.32 Å². The van der Waals surface area contributed by atoms with E-state index in [0.717, 1.165) is 18.7 Å². The highest BCUT2D eigenvalue weighted by atomic mass is 15.3. The highest BCUT2D eigenvalue weighted by molar-refractivity contribution is 5.67. The zero-order valence-electron chi connectivity index (χ0n) is 11.2. The van der Waals surface area contributed by atoms with Crippen molar-refractivity contribution in [2.75, 3.05) is 11.9 Å². The Morgan fingerprint density at radius 2 is 2.06 bits per heavy atom. The molecule has 0 bridgehead atoms. The molecule has 3 rings (SSSR count). The molecule has 3 heteroatoms. The number of fused-ring (bicyclic) bond motifs is 1. The van der Waals surface area contributed by atoms with Gasteiger partial charge in [0, 0.05) is 12.2 Å². The Morgan fingerprint density at radius 3 is 2.78 bits per heavy atom. The van der Waals surface area contributed by atoms with Gasteiger partial charge in [-0.05, 0) is 50.8 Å². The average Bonchev–Trinajstić information content (AvgIpc) is 2.66. The molecule has 0 radical (unpaired) electrons. The zero-order chi connectivity index (χ0) is 12.7. The third kappa shape index (κ3) is 1.62. The number of aromatic nitrogens is 2. The van der Waals surface area contributed by atoms with Crippen LogP contribution in [0.25, 0.3) is 5.69 Å². The van der Waals surface area contributed by atoms with E-state index in [1.54, 1.807) is 0 Å². The lowest BCUT2D eigenvalue weighted by Gasteiger charge is -2.21. The predicted molar refractivity (Wildman–Crippen MR) is 74.6 cm³/mol. The van der Waals surface area contributed by atoms with E-state index in [1.807, 2.05) is 0 Å². The lowest BCUT2D eigenvalue weighted by Crippen LogP contribution is -2.15. The molecule has 0 unspecified atom stereocenters. The summed E-state index contributed by atoms with van der Waals surface area (Å²) in [6, 6.07) is 6.49. The van der Waals surface area contributed by atoms with Crippen molar-refractivity contribution < 1.29 is 0 Å². The molecule has 0 spiro atoms. The van der Waals surface area contributed by atoms with E-state index < -0.39 is 0 Å². The van der Waals surface area contributed by atoms with Gasteiger partial charge in [-0.3, -0.25) is 0 Å². The van der Waals surface area contributed by atoms with Crippen molar-refractivity contribution >= 4 is 5.69 Å². The number of para-hydroxylation sites is 1. The van der Waals surface area contributed by atoms with E-state index in [2.05, 4.69) is 54.1 Å². The first-order valence-electron chi connectivity index (χ1n) is 6.57. The van der Waals surface area contributed by atoms with Crippen LogP contribution in [0.4, 0.5) is 5.69 Å². The molecule has 1 N–H and O–H groups in total. The fourth-order valence-electron chi connectivity index (χ4n) is 2.62. The molecule has 3 nitrogen and oxygen atoms in total. The fourth-order valence-corrected chi connectivity index (χ4v) is 2.62. The van der Waals surface area contributed by atoms with Gasteiger partial charge in [0.05, 0.1) is 17.1 Å². The minimum atomic E-state index is 1.06. The van der Waals surface area contributed by atoms with E-state index in [4.69, 9.17) is 0 Å². The van der Waals surface area contributed by atoms with E-state index in [0.29, 0.717) is 0 Å². The fraction of sp³-hybridized carbons (Fsp3) is 0.400. The molecule has 2 aromatic rings. The lowest BCUT2D eigenvalue weighted by molar-refractivity contribution is 0.799. The molecule has 0 saturated heterocycles. The molecule has 0 atom stereocenters. The second-order valence-electron chi connectivity index (χ2n) is 5.05. The lowest BCUT2D eigenvalue weighted by atomic mass is 10.0. The molecular weight excluding hydrogens is 222 g/mol. The van der Waals surface area contributed by atoms with E-state index in [-0.39, 0.29) is 0 Å². The summed E-state index contributed by atoms with van der Waals surface area (Å²) in [5.74, 6) is 0. The van der Waals surface area contributed by atoms with Crippen LogP contribution in [0.1, 0.15) is 28.9 Å². The van der Waals surface area contributed by atoms with Gasteiger partial charge in [-0.2, -0.15) is 5.10 Å². The normalized spacial score (nSPS) is 14.2. The standard InChI is InChI=1S/C15H19N3/c1-10-11(2)17-18(12(10)3)14-8-4-6-13-7-5-9-16-15(13)14/h4,6,8,16H,5,7,9H2,1-3H3. The number of rotatable bonds is 1. The van der Waals surface area contributed by atoms with E-state index >= 15 is 0 Å².